The van der Waals surface area contributed by atoms with E-state index in [2.05, 4.69) is 0 Å². The first kappa shape index (κ1) is 14.3. The maximum absolute atomic E-state index is 12.0. The van der Waals surface area contributed by atoms with Crippen molar-refractivity contribution in [2.24, 2.45) is 0 Å². The number of Topliss-reactive ketones (excluding diaryl/α,β-unsaturated/α-hetero) is 2. The lowest BCUT2D eigenvalue weighted by atomic mass is 10.2. The standard InChI is InChI=1S/C16H18O4/c1-3-5-11-7-9-13(19-11)15(17)16(18)14-10-8-12(20-14)6-4-2/h7-10H,3-6H2,1-2H3. The predicted octanol–water partition coefficient (Wildman–Crippen LogP) is 3.84. The van der Waals surface area contributed by atoms with Gasteiger partial charge in [0, 0.05) is 12.8 Å². The molecule has 0 bridgehead atoms. The minimum Gasteiger partial charge on any atom is -0.457 e. The van der Waals surface area contributed by atoms with Crippen LogP contribution < -0.4 is 0 Å². The third kappa shape index (κ3) is 3.07. The van der Waals surface area contributed by atoms with E-state index in [1.807, 2.05) is 13.8 Å². The maximum Gasteiger partial charge on any atom is 0.271 e. The quantitative estimate of drug-likeness (QED) is 0.568. The molecule has 2 aromatic rings. The van der Waals surface area contributed by atoms with E-state index < -0.39 is 11.6 Å². The molecule has 0 aliphatic carbocycles. The van der Waals surface area contributed by atoms with E-state index in [0.717, 1.165) is 37.2 Å². The Kier molecular flexibility index (Phi) is 4.56. The molecule has 0 radical (unpaired) electrons. The molecule has 4 heteroatoms. The van der Waals surface area contributed by atoms with Gasteiger partial charge in [0.1, 0.15) is 11.5 Å². The van der Waals surface area contributed by atoms with Crippen LogP contribution >= 0.6 is 0 Å². The second kappa shape index (κ2) is 6.37. The summed E-state index contributed by atoms with van der Waals surface area (Å²) in [5.74, 6) is 0.262. The second-order valence-corrected chi connectivity index (χ2v) is 4.69. The molecule has 0 saturated carbocycles. The van der Waals surface area contributed by atoms with Crippen molar-refractivity contribution in [3.05, 3.63) is 47.3 Å². The lowest BCUT2D eigenvalue weighted by molar-refractivity contribution is 0.0783. The highest BCUT2D eigenvalue weighted by Gasteiger charge is 2.24. The van der Waals surface area contributed by atoms with Gasteiger partial charge in [-0.1, -0.05) is 13.8 Å². The smallest absolute Gasteiger partial charge is 0.271 e. The van der Waals surface area contributed by atoms with E-state index in [1.54, 1.807) is 24.3 Å². The Morgan fingerprint density at radius 3 is 1.55 bits per heavy atom. The van der Waals surface area contributed by atoms with Crippen LogP contribution in [0.1, 0.15) is 59.3 Å². The van der Waals surface area contributed by atoms with Crippen LogP contribution in [0.4, 0.5) is 0 Å². The molecule has 0 atom stereocenters. The Morgan fingerprint density at radius 1 is 0.800 bits per heavy atom. The van der Waals surface area contributed by atoms with Crippen LogP contribution in [-0.4, -0.2) is 11.6 Å². The lowest BCUT2D eigenvalue weighted by Gasteiger charge is -1.95. The lowest BCUT2D eigenvalue weighted by Crippen LogP contribution is -2.12. The molecule has 0 fully saturated rings. The molecule has 2 aromatic heterocycles. The molecule has 0 N–H and O–H groups in total. The van der Waals surface area contributed by atoms with Crippen molar-refractivity contribution in [1.82, 2.24) is 0 Å². The predicted molar refractivity (Wildman–Crippen MR) is 74.1 cm³/mol. The summed E-state index contributed by atoms with van der Waals surface area (Å²) in [6.07, 6.45) is 3.35. The summed E-state index contributed by atoms with van der Waals surface area (Å²) in [7, 11) is 0. The normalized spacial score (nSPS) is 10.7. The monoisotopic (exact) mass is 274 g/mol. The van der Waals surface area contributed by atoms with E-state index in [1.165, 1.54) is 0 Å². The van der Waals surface area contributed by atoms with Gasteiger partial charge in [0.05, 0.1) is 0 Å². The van der Waals surface area contributed by atoms with Crippen molar-refractivity contribution in [3.63, 3.8) is 0 Å². The topological polar surface area (TPSA) is 60.4 Å². The Labute approximate surface area is 117 Å². The van der Waals surface area contributed by atoms with Gasteiger partial charge in [0.25, 0.3) is 11.6 Å². The van der Waals surface area contributed by atoms with E-state index in [9.17, 15) is 9.59 Å². The zero-order chi connectivity index (χ0) is 14.5. The van der Waals surface area contributed by atoms with Crippen LogP contribution in [0.5, 0.6) is 0 Å². The van der Waals surface area contributed by atoms with Crippen LogP contribution in [0.15, 0.2) is 33.1 Å². The highest BCUT2D eigenvalue weighted by atomic mass is 16.4. The van der Waals surface area contributed by atoms with Crippen LogP contribution in [0.2, 0.25) is 0 Å². The van der Waals surface area contributed by atoms with Crippen LogP contribution in [0.3, 0.4) is 0 Å². The molecular weight excluding hydrogens is 256 g/mol. The Balaban J connectivity index is 2.12. The van der Waals surface area contributed by atoms with E-state index in [-0.39, 0.29) is 11.5 Å². The maximum atomic E-state index is 12.0. The van der Waals surface area contributed by atoms with Gasteiger partial charge in [0.2, 0.25) is 0 Å². The number of carbonyl (C=O) groups excluding carboxylic acids is 2. The fourth-order valence-electron chi connectivity index (χ4n) is 1.99. The summed E-state index contributed by atoms with van der Waals surface area (Å²) in [6, 6.07) is 6.55. The van der Waals surface area contributed by atoms with E-state index >= 15 is 0 Å². The molecule has 106 valence electrons. The third-order valence-corrected chi connectivity index (χ3v) is 2.97. The zero-order valence-electron chi connectivity index (χ0n) is 11.8. The van der Waals surface area contributed by atoms with Crippen molar-refractivity contribution in [2.75, 3.05) is 0 Å². The first-order valence-electron chi connectivity index (χ1n) is 6.92. The average molecular weight is 274 g/mol. The summed E-state index contributed by atoms with van der Waals surface area (Å²) >= 11 is 0. The molecule has 0 amide bonds. The molecule has 0 saturated heterocycles. The van der Waals surface area contributed by atoms with Crippen LogP contribution in [0, 0.1) is 0 Å². The number of carbonyl (C=O) groups is 2. The molecule has 20 heavy (non-hydrogen) atoms. The molecular formula is C16H18O4. The summed E-state index contributed by atoms with van der Waals surface area (Å²) < 4.78 is 10.7. The van der Waals surface area contributed by atoms with Gasteiger partial charge >= 0.3 is 0 Å². The number of furan rings is 2. The SMILES string of the molecule is CCCc1ccc(C(=O)C(=O)c2ccc(CCC)o2)o1. The van der Waals surface area contributed by atoms with Gasteiger partial charge in [-0.3, -0.25) is 9.59 Å². The molecule has 2 heterocycles. The number of rotatable bonds is 7. The Hall–Kier alpha value is -2.10. The Bertz CT molecular complexity index is 549. The summed E-state index contributed by atoms with van der Waals surface area (Å²) in [5, 5.41) is 0. The largest absolute Gasteiger partial charge is 0.457 e. The molecule has 0 spiro atoms. The van der Waals surface area contributed by atoms with Gasteiger partial charge in [0.15, 0.2) is 11.5 Å². The van der Waals surface area contributed by atoms with E-state index in [4.69, 9.17) is 8.83 Å². The Morgan fingerprint density at radius 2 is 1.20 bits per heavy atom. The molecule has 4 nitrogen and oxygen atoms in total. The van der Waals surface area contributed by atoms with Crippen molar-refractivity contribution in [1.29, 1.82) is 0 Å². The second-order valence-electron chi connectivity index (χ2n) is 4.69. The van der Waals surface area contributed by atoms with Crippen molar-refractivity contribution in [2.45, 2.75) is 39.5 Å². The number of ketones is 2. The summed E-state index contributed by atoms with van der Waals surface area (Å²) in [5.41, 5.74) is 0. The van der Waals surface area contributed by atoms with Gasteiger partial charge in [-0.2, -0.15) is 0 Å². The molecule has 0 unspecified atom stereocenters. The minimum atomic E-state index is -0.662. The molecule has 0 aliphatic rings. The van der Waals surface area contributed by atoms with E-state index in [0.29, 0.717) is 0 Å². The van der Waals surface area contributed by atoms with Gasteiger partial charge in [-0.25, -0.2) is 0 Å². The average Bonchev–Trinajstić information content (AvgIpc) is 3.07. The molecule has 0 aliphatic heterocycles. The van der Waals surface area contributed by atoms with Crippen molar-refractivity contribution >= 4 is 11.6 Å². The first-order valence-corrected chi connectivity index (χ1v) is 6.92. The zero-order valence-corrected chi connectivity index (χ0v) is 11.8. The number of hydrogen-bond acceptors (Lipinski definition) is 4. The third-order valence-electron chi connectivity index (χ3n) is 2.97. The van der Waals surface area contributed by atoms with Gasteiger partial charge in [-0.05, 0) is 37.1 Å². The highest BCUT2D eigenvalue weighted by molar-refractivity contribution is 6.47. The molecule has 0 aromatic carbocycles. The van der Waals surface area contributed by atoms with Crippen LogP contribution in [0.25, 0.3) is 0 Å². The van der Waals surface area contributed by atoms with Gasteiger partial charge in [-0.15, -0.1) is 0 Å². The fourth-order valence-corrected chi connectivity index (χ4v) is 1.99. The first-order chi connectivity index (χ1) is 9.65. The number of hydrogen-bond donors (Lipinski definition) is 0. The van der Waals surface area contributed by atoms with Crippen molar-refractivity contribution < 1.29 is 18.4 Å². The number of aryl methyl sites for hydroxylation is 2. The van der Waals surface area contributed by atoms with Crippen molar-refractivity contribution in [3.8, 4) is 0 Å². The van der Waals surface area contributed by atoms with Gasteiger partial charge < -0.3 is 8.83 Å². The minimum absolute atomic E-state index is 0.0758. The highest BCUT2D eigenvalue weighted by Crippen LogP contribution is 2.16. The van der Waals surface area contributed by atoms with Crippen LogP contribution in [-0.2, 0) is 12.8 Å². The summed E-state index contributed by atoms with van der Waals surface area (Å²) in [4.78, 5) is 24.1. The fraction of sp³-hybridized carbons (Fsp3) is 0.375. The summed E-state index contributed by atoms with van der Waals surface area (Å²) in [6.45, 7) is 4.04. The molecule has 2 rings (SSSR count).